The van der Waals surface area contributed by atoms with Crippen LogP contribution in [0.4, 0.5) is 0 Å². The van der Waals surface area contributed by atoms with Crippen LogP contribution in [0.15, 0.2) is 24.3 Å². The van der Waals surface area contributed by atoms with Crippen LogP contribution in [0.1, 0.15) is 37.8 Å². The molecule has 2 nitrogen and oxygen atoms in total. The monoisotopic (exact) mass is 234 g/mol. The summed E-state index contributed by atoms with van der Waals surface area (Å²) in [5, 5.41) is 0. The van der Waals surface area contributed by atoms with Gasteiger partial charge < -0.3 is 10.6 Å². The first-order chi connectivity index (χ1) is 7.84. The van der Waals surface area contributed by atoms with E-state index in [0.29, 0.717) is 12.5 Å². The lowest BCUT2D eigenvalue weighted by molar-refractivity contribution is 0.375. The molecule has 1 aromatic rings. The maximum atomic E-state index is 5.85. The largest absolute Gasteiger partial charge is 0.330 e. The highest BCUT2D eigenvalue weighted by Gasteiger charge is 2.15. The first kappa shape index (κ1) is 14.2. The second-order valence-electron chi connectivity index (χ2n) is 6.07. The van der Waals surface area contributed by atoms with Crippen molar-refractivity contribution in [3.8, 4) is 0 Å². The second-order valence-corrected chi connectivity index (χ2v) is 6.07. The molecule has 1 rings (SSSR count). The molecule has 0 bridgehead atoms. The Morgan fingerprint density at radius 3 is 2.00 bits per heavy atom. The molecule has 0 aliphatic carbocycles. The predicted molar refractivity (Wildman–Crippen MR) is 75.5 cm³/mol. The van der Waals surface area contributed by atoms with E-state index in [4.69, 9.17) is 5.73 Å². The maximum absolute atomic E-state index is 5.85. The van der Waals surface area contributed by atoms with Crippen molar-refractivity contribution in [2.45, 2.75) is 32.1 Å². The summed E-state index contributed by atoms with van der Waals surface area (Å²) in [7, 11) is 4.18. The van der Waals surface area contributed by atoms with Crippen molar-refractivity contribution in [1.82, 2.24) is 4.90 Å². The Morgan fingerprint density at radius 1 is 1.12 bits per heavy atom. The standard InChI is InChI=1S/C15H26N2/c1-15(2,3)14-8-6-12(7-9-14)13(10-16)11-17(4)5/h6-9,13H,10-11,16H2,1-5H3. The van der Waals surface area contributed by atoms with Crippen molar-refractivity contribution >= 4 is 0 Å². The number of hydrogen-bond donors (Lipinski definition) is 1. The minimum Gasteiger partial charge on any atom is -0.330 e. The van der Waals surface area contributed by atoms with Gasteiger partial charge in [-0.25, -0.2) is 0 Å². The Labute approximate surface area is 106 Å². The molecule has 0 radical (unpaired) electrons. The fraction of sp³-hybridized carbons (Fsp3) is 0.600. The van der Waals surface area contributed by atoms with Gasteiger partial charge in [-0.2, -0.15) is 0 Å². The first-order valence-corrected chi connectivity index (χ1v) is 6.30. The van der Waals surface area contributed by atoms with Crippen LogP contribution in [0.25, 0.3) is 0 Å². The van der Waals surface area contributed by atoms with E-state index in [-0.39, 0.29) is 5.41 Å². The average Bonchev–Trinajstić information content (AvgIpc) is 2.24. The van der Waals surface area contributed by atoms with Crippen LogP contribution >= 0.6 is 0 Å². The molecule has 0 aliphatic rings. The number of likely N-dealkylation sites (N-methyl/N-ethyl adjacent to an activating group) is 1. The molecule has 1 aromatic carbocycles. The predicted octanol–water partition coefficient (Wildman–Crippen LogP) is 2.59. The van der Waals surface area contributed by atoms with Gasteiger partial charge in [0.2, 0.25) is 0 Å². The van der Waals surface area contributed by atoms with E-state index in [2.05, 4.69) is 64.0 Å². The minimum atomic E-state index is 0.221. The molecule has 0 amide bonds. The summed E-state index contributed by atoms with van der Waals surface area (Å²) in [6.07, 6.45) is 0. The highest BCUT2D eigenvalue weighted by atomic mass is 15.1. The van der Waals surface area contributed by atoms with Gasteiger partial charge in [0.1, 0.15) is 0 Å². The third-order valence-corrected chi connectivity index (χ3v) is 3.12. The highest BCUT2D eigenvalue weighted by Crippen LogP contribution is 2.24. The summed E-state index contributed by atoms with van der Waals surface area (Å²) in [6, 6.07) is 8.91. The summed E-state index contributed by atoms with van der Waals surface area (Å²) in [6.45, 7) is 8.42. The zero-order valence-corrected chi connectivity index (χ0v) is 11.8. The van der Waals surface area contributed by atoms with Crippen LogP contribution in [0.2, 0.25) is 0 Å². The van der Waals surface area contributed by atoms with Crippen LogP contribution in [-0.4, -0.2) is 32.1 Å². The summed E-state index contributed by atoms with van der Waals surface area (Å²) in [5.41, 5.74) is 8.79. The van der Waals surface area contributed by atoms with Crippen LogP contribution in [-0.2, 0) is 5.41 Å². The zero-order chi connectivity index (χ0) is 13.1. The van der Waals surface area contributed by atoms with Gasteiger partial charge in [0.15, 0.2) is 0 Å². The molecule has 2 heteroatoms. The van der Waals surface area contributed by atoms with Gasteiger partial charge in [-0.1, -0.05) is 45.0 Å². The molecule has 0 heterocycles. The Balaban J connectivity index is 2.85. The van der Waals surface area contributed by atoms with Crippen molar-refractivity contribution in [1.29, 1.82) is 0 Å². The third kappa shape index (κ3) is 4.14. The van der Waals surface area contributed by atoms with Gasteiger partial charge in [0.05, 0.1) is 0 Å². The molecule has 0 aliphatic heterocycles. The normalized spacial score (nSPS) is 14.1. The quantitative estimate of drug-likeness (QED) is 0.867. The lowest BCUT2D eigenvalue weighted by atomic mass is 9.85. The van der Waals surface area contributed by atoms with Gasteiger partial charge in [-0.3, -0.25) is 0 Å². The number of nitrogens with two attached hydrogens (primary N) is 1. The minimum absolute atomic E-state index is 0.221. The summed E-state index contributed by atoms with van der Waals surface area (Å²) in [4.78, 5) is 2.19. The molecule has 17 heavy (non-hydrogen) atoms. The van der Waals surface area contributed by atoms with Gasteiger partial charge in [0, 0.05) is 19.0 Å². The summed E-state index contributed by atoms with van der Waals surface area (Å²) in [5.74, 6) is 0.430. The van der Waals surface area contributed by atoms with Crippen LogP contribution in [0, 0.1) is 0 Å². The Morgan fingerprint density at radius 2 is 1.65 bits per heavy atom. The highest BCUT2D eigenvalue weighted by molar-refractivity contribution is 5.29. The zero-order valence-electron chi connectivity index (χ0n) is 11.8. The van der Waals surface area contributed by atoms with E-state index < -0.39 is 0 Å². The van der Waals surface area contributed by atoms with E-state index in [1.807, 2.05) is 0 Å². The number of benzene rings is 1. The van der Waals surface area contributed by atoms with Crippen molar-refractivity contribution < 1.29 is 0 Å². The summed E-state index contributed by atoms with van der Waals surface area (Å²) < 4.78 is 0. The van der Waals surface area contributed by atoms with E-state index in [9.17, 15) is 0 Å². The molecular formula is C15H26N2. The van der Waals surface area contributed by atoms with Gasteiger partial charge in [0.25, 0.3) is 0 Å². The van der Waals surface area contributed by atoms with Crippen LogP contribution in [0.5, 0.6) is 0 Å². The molecular weight excluding hydrogens is 208 g/mol. The Hall–Kier alpha value is -0.860. The Kier molecular flexibility index (Phi) is 4.72. The van der Waals surface area contributed by atoms with Gasteiger partial charge in [-0.05, 0) is 30.6 Å². The van der Waals surface area contributed by atoms with E-state index >= 15 is 0 Å². The van der Waals surface area contributed by atoms with E-state index in [1.54, 1.807) is 0 Å². The molecule has 0 fully saturated rings. The van der Waals surface area contributed by atoms with E-state index in [0.717, 1.165) is 6.54 Å². The Bertz CT molecular complexity index is 333. The van der Waals surface area contributed by atoms with Gasteiger partial charge in [-0.15, -0.1) is 0 Å². The average molecular weight is 234 g/mol. The molecule has 0 spiro atoms. The lowest BCUT2D eigenvalue weighted by Gasteiger charge is -2.22. The first-order valence-electron chi connectivity index (χ1n) is 6.30. The van der Waals surface area contributed by atoms with E-state index in [1.165, 1.54) is 11.1 Å². The molecule has 1 atom stereocenters. The number of hydrogen-bond acceptors (Lipinski definition) is 2. The molecule has 0 aromatic heterocycles. The fourth-order valence-electron chi connectivity index (χ4n) is 2.01. The topological polar surface area (TPSA) is 29.3 Å². The maximum Gasteiger partial charge on any atom is 0.00886 e. The van der Waals surface area contributed by atoms with Crippen LogP contribution < -0.4 is 5.73 Å². The summed E-state index contributed by atoms with van der Waals surface area (Å²) >= 11 is 0. The molecule has 2 N–H and O–H groups in total. The van der Waals surface area contributed by atoms with Crippen molar-refractivity contribution in [2.75, 3.05) is 27.2 Å². The SMILES string of the molecule is CN(C)CC(CN)c1ccc(C(C)(C)C)cc1. The molecule has 0 saturated carbocycles. The third-order valence-electron chi connectivity index (χ3n) is 3.12. The van der Waals surface area contributed by atoms with Crippen molar-refractivity contribution in [3.63, 3.8) is 0 Å². The van der Waals surface area contributed by atoms with Crippen molar-refractivity contribution in [2.24, 2.45) is 5.73 Å². The van der Waals surface area contributed by atoms with Crippen LogP contribution in [0.3, 0.4) is 0 Å². The smallest absolute Gasteiger partial charge is 0.00886 e. The molecule has 96 valence electrons. The number of rotatable bonds is 4. The van der Waals surface area contributed by atoms with Gasteiger partial charge >= 0.3 is 0 Å². The molecule has 0 saturated heterocycles. The molecule has 1 unspecified atom stereocenters. The second kappa shape index (κ2) is 5.65. The lowest BCUT2D eigenvalue weighted by Crippen LogP contribution is -2.26. The number of nitrogens with zero attached hydrogens (tertiary/aromatic N) is 1. The van der Waals surface area contributed by atoms with Crippen molar-refractivity contribution in [3.05, 3.63) is 35.4 Å². The fourth-order valence-corrected chi connectivity index (χ4v) is 2.01.